The number of aliphatic hydroxyl groups excluding tert-OH is 1. The molecule has 0 radical (unpaired) electrons. The highest BCUT2D eigenvalue weighted by molar-refractivity contribution is 14.1. The topological polar surface area (TPSA) is 33.1 Å². The fourth-order valence-electron chi connectivity index (χ4n) is 1.01. The molecule has 0 saturated heterocycles. The van der Waals surface area contributed by atoms with E-state index in [1.54, 1.807) is 22.6 Å². The first-order chi connectivity index (χ1) is 6.61. The molecule has 0 aliphatic heterocycles. The minimum atomic E-state index is -2.61. The zero-order valence-corrected chi connectivity index (χ0v) is 9.89. The van der Waals surface area contributed by atoms with E-state index in [-0.39, 0.29) is 18.2 Å². The van der Waals surface area contributed by atoms with Crippen LogP contribution < -0.4 is 0 Å². The molecule has 1 rings (SSSR count). The van der Waals surface area contributed by atoms with Crippen molar-refractivity contribution in [3.8, 4) is 0 Å². The van der Waals surface area contributed by atoms with Gasteiger partial charge in [-0.2, -0.15) is 0 Å². The molecule has 2 nitrogen and oxygen atoms in total. The zero-order chi connectivity index (χ0) is 10.7. The highest BCUT2D eigenvalue weighted by Gasteiger charge is 2.18. The maximum atomic E-state index is 12.4. The molecule has 0 unspecified atom stereocenters. The minimum Gasteiger partial charge on any atom is -0.392 e. The number of halogens is 4. The molecule has 6 heteroatoms. The molecule has 1 N–H and O–H groups in total. The van der Waals surface area contributed by atoms with Crippen LogP contribution in [0.3, 0.4) is 0 Å². The van der Waals surface area contributed by atoms with Gasteiger partial charge in [0.15, 0.2) is 0 Å². The third kappa shape index (κ3) is 2.32. The summed E-state index contributed by atoms with van der Waals surface area (Å²) in [5, 5.41) is 8.91. The summed E-state index contributed by atoms with van der Waals surface area (Å²) in [5.74, 6) is 0.0937. The van der Waals surface area contributed by atoms with E-state index in [0.717, 1.165) is 0 Å². The van der Waals surface area contributed by atoms with Crippen LogP contribution in [0.4, 0.5) is 8.78 Å². The Labute approximate surface area is 98.4 Å². The molecule has 0 spiro atoms. The Kier molecular flexibility index (Phi) is 4.46. The zero-order valence-electron chi connectivity index (χ0n) is 6.98. The number of hydrogen-bond donors (Lipinski definition) is 1. The van der Waals surface area contributed by atoms with E-state index in [2.05, 4.69) is 4.98 Å². The molecular weight excluding hydrogens is 326 g/mol. The number of alkyl halides is 3. The van der Waals surface area contributed by atoms with Crippen molar-refractivity contribution in [3.05, 3.63) is 26.6 Å². The van der Waals surface area contributed by atoms with Crippen LogP contribution in [0, 0.1) is 3.57 Å². The summed E-state index contributed by atoms with van der Waals surface area (Å²) in [4.78, 5) is 3.58. The first-order valence-corrected chi connectivity index (χ1v) is 5.34. The Morgan fingerprint density at radius 2 is 2.21 bits per heavy atom. The largest absolute Gasteiger partial charge is 0.392 e. The molecule has 1 aromatic rings. The van der Waals surface area contributed by atoms with Gasteiger partial charge >= 0.3 is 0 Å². The average molecular weight is 334 g/mol. The minimum absolute atomic E-state index is 0.0937. The predicted molar refractivity (Wildman–Crippen MR) is 57.4 cm³/mol. The Hall–Kier alpha value is -0.0100. The summed E-state index contributed by atoms with van der Waals surface area (Å²) in [5.41, 5.74) is 0.743. The van der Waals surface area contributed by atoms with E-state index in [0.29, 0.717) is 14.7 Å². The third-order valence-electron chi connectivity index (χ3n) is 1.75. The fourth-order valence-corrected chi connectivity index (χ4v) is 2.45. The molecule has 1 aromatic heterocycles. The lowest BCUT2D eigenvalue weighted by Crippen LogP contribution is -2.03. The lowest BCUT2D eigenvalue weighted by atomic mass is 10.1. The molecule has 0 bridgehead atoms. The second-order valence-electron chi connectivity index (χ2n) is 2.55. The monoisotopic (exact) mass is 333 g/mol. The van der Waals surface area contributed by atoms with Gasteiger partial charge in [0, 0.05) is 21.2 Å². The highest BCUT2D eigenvalue weighted by Crippen LogP contribution is 2.27. The smallest absolute Gasteiger partial charge is 0.281 e. The van der Waals surface area contributed by atoms with Gasteiger partial charge in [-0.3, -0.25) is 4.98 Å². The van der Waals surface area contributed by atoms with Gasteiger partial charge in [-0.1, -0.05) is 0 Å². The van der Waals surface area contributed by atoms with Crippen LogP contribution in [-0.4, -0.2) is 10.1 Å². The fraction of sp³-hybridized carbons (Fsp3) is 0.375. The normalized spacial score (nSPS) is 11.0. The van der Waals surface area contributed by atoms with Gasteiger partial charge in [0.2, 0.25) is 0 Å². The second kappa shape index (κ2) is 5.18. The molecule has 0 fully saturated rings. The van der Waals surface area contributed by atoms with Crippen molar-refractivity contribution in [1.29, 1.82) is 0 Å². The first kappa shape index (κ1) is 12.1. The van der Waals surface area contributed by atoms with Crippen LogP contribution in [0.5, 0.6) is 0 Å². The second-order valence-corrected chi connectivity index (χ2v) is 3.90. The Bertz CT molecular complexity index is 335. The Morgan fingerprint density at radius 3 is 2.64 bits per heavy atom. The standard InChI is InChI=1S/C8H7ClF2INO/c9-1-5-4(3-14)2-13-7(6(5)12)8(10)11/h2,8,14H,1,3H2. The summed E-state index contributed by atoms with van der Waals surface area (Å²) < 4.78 is 25.1. The van der Waals surface area contributed by atoms with E-state index in [9.17, 15) is 8.78 Å². The van der Waals surface area contributed by atoms with Crippen LogP contribution in [-0.2, 0) is 12.5 Å². The highest BCUT2D eigenvalue weighted by atomic mass is 127. The van der Waals surface area contributed by atoms with Gasteiger partial charge in [-0.25, -0.2) is 8.78 Å². The van der Waals surface area contributed by atoms with Crippen molar-refractivity contribution in [2.75, 3.05) is 0 Å². The van der Waals surface area contributed by atoms with Crippen molar-refractivity contribution >= 4 is 34.2 Å². The Balaban J connectivity index is 3.27. The molecule has 14 heavy (non-hydrogen) atoms. The molecular formula is C8H7ClF2INO. The van der Waals surface area contributed by atoms with Gasteiger partial charge in [0.1, 0.15) is 5.69 Å². The maximum Gasteiger partial charge on any atom is 0.281 e. The Morgan fingerprint density at radius 1 is 1.57 bits per heavy atom. The van der Waals surface area contributed by atoms with E-state index in [1.165, 1.54) is 6.20 Å². The third-order valence-corrected chi connectivity index (χ3v) is 3.22. The quantitative estimate of drug-likeness (QED) is 0.681. The van der Waals surface area contributed by atoms with Gasteiger partial charge < -0.3 is 5.11 Å². The first-order valence-electron chi connectivity index (χ1n) is 3.73. The molecule has 0 aliphatic carbocycles. The van der Waals surface area contributed by atoms with Crippen molar-refractivity contribution in [2.45, 2.75) is 18.9 Å². The molecule has 1 heterocycles. The number of hydrogen-bond acceptors (Lipinski definition) is 2. The van der Waals surface area contributed by atoms with E-state index in [4.69, 9.17) is 16.7 Å². The number of aromatic nitrogens is 1. The summed E-state index contributed by atoms with van der Waals surface area (Å²) in [6, 6.07) is 0. The number of nitrogens with zero attached hydrogens (tertiary/aromatic N) is 1. The summed E-state index contributed by atoms with van der Waals surface area (Å²) >= 11 is 7.37. The molecule has 78 valence electrons. The van der Waals surface area contributed by atoms with Gasteiger partial charge in [0.25, 0.3) is 6.43 Å². The molecule has 0 aromatic carbocycles. The maximum absolute atomic E-state index is 12.4. The lowest BCUT2D eigenvalue weighted by Gasteiger charge is -2.10. The lowest BCUT2D eigenvalue weighted by molar-refractivity contribution is 0.144. The molecule has 0 aliphatic rings. The number of pyridine rings is 1. The summed E-state index contributed by atoms with van der Waals surface area (Å²) in [6.45, 7) is -0.241. The van der Waals surface area contributed by atoms with Crippen LogP contribution in [0.25, 0.3) is 0 Å². The van der Waals surface area contributed by atoms with E-state index in [1.807, 2.05) is 0 Å². The number of aliphatic hydroxyl groups is 1. The van der Waals surface area contributed by atoms with Crippen molar-refractivity contribution in [2.24, 2.45) is 0 Å². The van der Waals surface area contributed by atoms with Crippen molar-refractivity contribution in [1.82, 2.24) is 4.98 Å². The van der Waals surface area contributed by atoms with Crippen LogP contribution in [0.2, 0.25) is 0 Å². The number of rotatable bonds is 3. The van der Waals surface area contributed by atoms with E-state index >= 15 is 0 Å². The molecule has 0 atom stereocenters. The molecule has 0 amide bonds. The average Bonchev–Trinajstić information content (AvgIpc) is 2.16. The van der Waals surface area contributed by atoms with Crippen molar-refractivity contribution in [3.63, 3.8) is 0 Å². The van der Waals surface area contributed by atoms with Crippen molar-refractivity contribution < 1.29 is 13.9 Å². The van der Waals surface area contributed by atoms with Gasteiger partial charge in [-0.05, 0) is 28.2 Å². The predicted octanol–water partition coefficient (Wildman–Crippen LogP) is 2.85. The summed E-state index contributed by atoms with van der Waals surface area (Å²) in [6.07, 6.45) is -1.38. The van der Waals surface area contributed by atoms with Gasteiger partial charge in [-0.15, -0.1) is 11.6 Å². The molecule has 0 saturated carbocycles. The van der Waals surface area contributed by atoms with E-state index < -0.39 is 6.43 Å². The van der Waals surface area contributed by atoms with Crippen LogP contribution >= 0.6 is 34.2 Å². The van der Waals surface area contributed by atoms with Crippen LogP contribution in [0.15, 0.2) is 6.20 Å². The summed E-state index contributed by atoms with van der Waals surface area (Å²) in [7, 11) is 0. The van der Waals surface area contributed by atoms with Crippen LogP contribution in [0.1, 0.15) is 23.2 Å². The van der Waals surface area contributed by atoms with Gasteiger partial charge in [0.05, 0.1) is 6.61 Å². The SMILES string of the molecule is OCc1cnc(C(F)F)c(I)c1CCl.